The number of benzene rings is 2. The van der Waals surface area contributed by atoms with E-state index in [4.69, 9.17) is 29.0 Å². The highest BCUT2D eigenvalue weighted by atomic mass is 35.5. The van der Waals surface area contributed by atoms with Crippen molar-refractivity contribution < 1.29 is 37.1 Å². The second-order valence-corrected chi connectivity index (χ2v) is 16.7. The lowest BCUT2D eigenvalue weighted by Gasteiger charge is -2.44. The van der Waals surface area contributed by atoms with Crippen molar-refractivity contribution >= 4 is 83.0 Å². The topological polar surface area (TPSA) is 160 Å². The Balaban J connectivity index is 0.00000622. The van der Waals surface area contributed by atoms with Gasteiger partial charge < -0.3 is 20.3 Å². The van der Waals surface area contributed by atoms with Crippen LogP contribution in [0.2, 0.25) is 5.02 Å². The monoisotopic (exact) mass is 902 g/mol. The lowest BCUT2D eigenvalue weighted by atomic mass is 9.75. The predicted molar refractivity (Wildman–Crippen MR) is 230 cm³/mol. The van der Waals surface area contributed by atoms with Crippen LogP contribution in [-0.4, -0.2) is 76.3 Å². The van der Waals surface area contributed by atoms with Crippen LogP contribution in [0.15, 0.2) is 48.7 Å². The molecule has 1 saturated carbocycles. The molecule has 3 aromatic rings. The summed E-state index contributed by atoms with van der Waals surface area (Å²) in [6.45, 7) is 5.83. The molecule has 7 rings (SSSR count). The minimum atomic E-state index is -4.83. The van der Waals surface area contributed by atoms with Crippen molar-refractivity contribution in [3.05, 3.63) is 70.5 Å². The maximum Gasteiger partial charge on any atom is 0.419 e. The summed E-state index contributed by atoms with van der Waals surface area (Å²) in [6.07, 6.45) is 1.94. The molecular weight excluding hydrogens is 856 g/mol. The van der Waals surface area contributed by atoms with E-state index in [0.717, 1.165) is 56.6 Å². The molecule has 4 heterocycles. The lowest BCUT2D eigenvalue weighted by Crippen LogP contribution is -2.55. The first-order valence-corrected chi connectivity index (χ1v) is 21.0. The van der Waals surface area contributed by atoms with E-state index in [2.05, 4.69) is 25.8 Å². The Morgan fingerprint density at radius 2 is 1.82 bits per heavy atom. The zero-order valence-corrected chi connectivity index (χ0v) is 36.0. The van der Waals surface area contributed by atoms with Crippen LogP contribution in [0.5, 0.6) is 5.75 Å². The number of hydrogen-bond donors (Lipinski definition) is 4. The number of aromatic nitrogens is 1. The number of nitrogens with one attached hydrogen (secondary N) is 3. The van der Waals surface area contributed by atoms with E-state index >= 15 is 0 Å². The molecule has 1 aromatic heterocycles. The molecule has 4 fully saturated rings. The number of thiol groups is 1. The molecule has 3 atom stereocenters. The molecule has 3 saturated heterocycles. The number of rotatable bonds is 12. The second-order valence-electron chi connectivity index (χ2n) is 15.8. The molecule has 326 valence electrons. The van der Waals surface area contributed by atoms with E-state index in [1.807, 2.05) is 36.9 Å². The Kier molecular flexibility index (Phi) is 14.0. The maximum atomic E-state index is 14.0. The fourth-order valence-corrected chi connectivity index (χ4v) is 9.37. The number of likely N-dealkylation sites (tertiary alicyclic amines) is 1. The first-order valence-electron chi connectivity index (χ1n) is 20.1. The summed E-state index contributed by atoms with van der Waals surface area (Å²) in [5, 5.41) is 18.0. The van der Waals surface area contributed by atoms with Crippen LogP contribution in [0.25, 0.3) is 0 Å². The minimum absolute atomic E-state index is 0. The number of carbonyl (C=O) groups is 4. The highest BCUT2D eigenvalue weighted by Crippen LogP contribution is 2.51. The molecule has 0 radical (unpaired) electrons. The third-order valence-electron chi connectivity index (χ3n) is 12.1. The number of ether oxygens (including phenoxy) is 1. The Morgan fingerprint density at radius 1 is 1.10 bits per heavy atom. The van der Waals surface area contributed by atoms with Gasteiger partial charge in [0.2, 0.25) is 17.7 Å². The molecule has 4 aliphatic rings. The molecule has 1 spiro atoms. The first-order chi connectivity index (χ1) is 28.6. The maximum absolute atomic E-state index is 14.0. The van der Waals surface area contributed by atoms with E-state index in [-0.39, 0.29) is 42.2 Å². The molecule has 1 aliphatic carbocycles. The predicted octanol–water partition coefficient (Wildman–Crippen LogP) is 7.32. The number of aryl methyl sites for hydroxylation is 1. The van der Waals surface area contributed by atoms with Gasteiger partial charge in [0.25, 0.3) is 5.91 Å². The van der Waals surface area contributed by atoms with Gasteiger partial charge in [0.05, 0.1) is 30.1 Å². The Labute approximate surface area is 368 Å². The van der Waals surface area contributed by atoms with Gasteiger partial charge in [-0.25, -0.2) is 4.98 Å². The van der Waals surface area contributed by atoms with Crippen LogP contribution in [-0.2, 0) is 31.8 Å². The molecule has 3 N–H and O–H groups in total. The van der Waals surface area contributed by atoms with E-state index in [0.29, 0.717) is 66.0 Å². The van der Waals surface area contributed by atoms with E-state index in [9.17, 15) is 37.6 Å². The van der Waals surface area contributed by atoms with Gasteiger partial charge in [0, 0.05) is 28.5 Å². The zero-order chi connectivity index (χ0) is 42.9. The Bertz CT molecular complexity index is 2220. The summed E-state index contributed by atoms with van der Waals surface area (Å²) < 4.78 is 47.8. The first kappa shape index (κ1) is 45.8. The smallest absolute Gasteiger partial charge is 0.419 e. The molecule has 3 unspecified atom stereocenters. The number of amides is 4. The SMILES string of the molecule is CCc1cc(N2C(S)N(c3cnc(C#N)c(C(F)(F)F)c3)C(=O)C23CCC3)ccc1OCCC1CCN(C(C)C(=O)Nc2cc(Cl)cc(NC3CCC(=O)NC3=O)c2)CC1.Cl. The number of piperidine rings is 2. The minimum Gasteiger partial charge on any atom is -0.493 e. The average molecular weight is 904 g/mol. The zero-order valence-electron chi connectivity index (χ0n) is 33.6. The third kappa shape index (κ3) is 9.52. The standard InChI is InChI=1S/C42H46ClF3N8O5S.ClH/c1-3-26-17-30(54-40(60)53(39(58)41(54)12-4-13-41)31-21-32(42(44,45)46)34(22-47)48-23-31)5-7-35(26)59-16-11-25-9-14-52(15-10-25)24(2)37(56)50-29-19-27(43)18-28(20-29)49-33-6-8-36(55)51-38(33)57;/h5,7,17-21,23-25,33,40,49,60H,3-4,6,8-16H2,1-2H3,(H,50,56)(H,51,55,57);1H. The van der Waals surface area contributed by atoms with Crippen LogP contribution in [0.3, 0.4) is 0 Å². The van der Waals surface area contributed by atoms with Crippen LogP contribution >= 0.6 is 36.6 Å². The summed E-state index contributed by atoms with van der Waals surface area (Å²) in [4.78, 5) is 60.0. The molecule has 2 aromatic carbocycles. The van der Waals surface area contributed by atoms with Crippen LogP contribution in [0.1, 0.15) is 82.0 Å². The summed E-state index contributed by atoms with van der Waals surface area (Å²) in [5.74, 6) is -0.132. The third-order valence-corrected chi connectivity index (χ3v) is 12.8. The highest BCUT2D eigenvalue weighted by molar-refractivity contribution is 7.81. The molecule has 13 nitrogen and oxygen atoms in total. The van der Waals surface area contributed by atoms with Crippen molar-refractivity contribution in [1.29, 1.82) is 5.26 Å². The molecule has 4 amide bonds. The summed E-state index contributed by atoms with van der Waals surface area (Å²) in [7, 11) is 0. The molecule has 3 aliphatic heterocycles. The Morgan fingerprint density at radius 3 is 2.46 bits per heavy atom. The number of anilines is 4. The van der Waals surface area contributed by atoms with Crippen LogP contribution in [0.4, 0.5) is 35.9 Å². The van der Waals surface area contributed by atoms with Gasteiger partial charge in [-0.2, -0.15) is 18.4 Å². The average Bonchev–Trinajstić information content (AvgIpc) is 3.44. The van der Waals surface area contributed by atoms with Crippen molar-refractivity contribution in [3.63, 3.8) is 0 Å². The Hall–Kier alpha value is -4.76. The molecular formula is C42H47Cl2F3N8O5S. The summed E-state index contributed by atoms with van der Waals surface area (Å²) in [5.41, 5.74) is -1.25. The van der Waals surface area contributed by atoms with Gasteiger partial charge in [-0.05, 0) is 125 Å². The van der Waals surface area contributed by atoms with Crippen molar-refractivity contribution in [1.82, 2.24) is 15.2 Å². The summed E-state index contributed by atoms with van der Waals surface area (Å²) in [6, 6.07) is 12.0. The van der Waals surface area contributed by atoms with E-state index < -0.39 is 46.5 Å². The molecule has 19 heteroatoms. The van der Waals surface area contributed by atoms with Crippen molar-refractivity contribution in [2.24, 2.45) is 5.92 Å². The van der Waals surface area contributed by atoms with Crippen molar-refractivity contribution in [2.75, 3.05) is 40.1 Å². The van der Waals surface area contributed by atoms with Crippen LogP contribution < -0.4 is 30.5 Å². The summed E-state index contributed by atoms with van der Waals surface area (Å²) >= 11 is 11.1. The molecule has 61 heavy (non-hydrogen) atoms. The number of alkyl halides is 3. The fraction of sp³-hybridized carbons (Fsp3) is 0.476. The number of halogens is 5. The van der Waals surface area contributed by atoms with Gasteiger partial charge in [-0.1, -0.05) is 18.5 Å². The number of nitrogens with zero attached hydrogens (tertiary/aromatic N) is 5. The van der Waals surface area contributed by atoms with Gasteiger partial charge >= 0.3 is 6.18 Å². The quantitative estimate of drug-likeness (QED) is 0.107. The van der Waals surface area contributed by atoms with E-state index in [1.165, 1.54) is 11.0 Å². The fourth-order valence-electron chi connectivity index (χ4n) is 8.54. The van der Waals surface area contributed by atoms with Gasteiger partial charge in [-0.3, -0.25) is 34.3 Å². The number of imide groups is 1. The molecule has 0 bridgehead atoms. The van der Waals surface area contributed by atoms with Gasteiger partial charge in [0.15, 0.2) is 11.2 Å². The highest BCUT2D eigenvalue weighted by Gasteiger charge is 2.60. The van der Waals surface area contributed by atoms with Crippen molar-refractivity contribution in [3.8, 4) is 11.8 Å². The van der Waals surface area contributed by atoms with Crippen molar-refractivity contribution in [2.45, 2.75) is 101 Å². The normalized spacial score (nSPS) is 21.0. The number of carbonyl (C=O) groups excluding carboxylic acids is 4. The number of nitriles is 1. The van der Waals surface area contributed by atoms with Gasteiger partial charge in [0.1, 0.15) is 23.4 Å². The number of pyridine rings is 1. The van der Waals surface area contributed by atoms with Gasteiger partial charge in [-0.15, -0.1) is 25.0 Å². The second kappa shape index (κ2) is 18.7. The largest absolute Gasteiger partial charge is 0.493 e. The lowest BCUT2D eigenvalue weighted by molar-refractivity contribution is -0.138. The number of hydrogen-bond acceptors (Lipinski definition) is 11. The van der Waals surface area contributed by atoms with E-state index in [1.54, 1.807) is 18.2 Å². The van der Waals surface area contributed by atoms with Crippen LogP contribution in [0, 0.1) is 17.2 Å².